The molecule has 0 aliphatic carbocycles. The second-order valence-electron chi connectivity index (χ2n) is 4.07. The van der Waals surface area contributed by atoms with Crippen LogP contribution in [0.4, 0.5) is 0 Å². The number of aryl methyl sites for hydroxylation is 1. The average Bonchev–Trinajstić information content (AvgIpc) is 2.58. The van der Waals surface area contributed by atoms with E-state index in [0.29, 0.717) is 21.8 Å². The van der Waals surface area contributed by atoms with Crippen molar-refractivity contribution in [3.05, 3.63) is 34.0 Å². The van der Waals surface area contributed by atoms with Gasteiger partial charge in [0.2, 0.25) is 0 Å². The van der Waals surface area contributed by atoms with Crippen LogP contribution >= 0.6 is 23.2 Å². The molecule has 0 aliphatic heterocycles. The Bertz CT molecular complexity index is 529. The lowest BCUT2D eigenvalue weighted by atomic mass is 10.2. The van der Waals surface area contributed by atoms with Crippen LogP contribution in [0.3, 0.4) is 0 Å². The van der Waals surface area contributed by atoms with Gasteiger partial charge in [-0.3, -0.25) is 0 Å². The number of hydrogen-bond donors (Lipinski definition) is 0. The third-order valence-corrected chi connectivity index (χ3v) is 2.85. The Balaban J connectivity index is 2.51. The molecule has 6 heteroatoms. The van der Waals surface area contributed by atoms with E-state index in [4.69, 9.17) is 23.2 Å². The van der Waals surface area contributed by atoms with E-state index in [0.717, 1.165) is 5.69 Å². The highest BCUT2D eigenvalue weighted by molar-refractivity contribution is 6.31. The Hall–Kier alpha value is -1.13. The van der Waals surface area contributed by atoms with Gasteiger partial charge >= 0.3 is 0 Å². The van der Waals surface area contributed by atoms with E-state index in [-0.39, 0.29) is 5.92 Å². The van der Waals surface area contributed by atoms with Crippen molar-refractivity contribution in [2.75, 3.05) is 0 Å². The fourth-order valence-corrected chi connectivity index (χ4v) is 1.67. The second kappa shape index (κ2) is 4.63. The van der Waals surface area contributed by atoms with Gasteiger partial charge in [-0.05, 0) is 6.92 Å². The molecule has 0 aromatic carbocycles. The Morgan fingerprint density at radius 3 is 2.47 bits per heavy atom. The van der Waals surface area contributed by atoms with Gasteiger partial charge in [0.05, 0.1) is 16.9 Å². The smallest absolute Gasteiger partial charge is 0.158 e. The summed E-state index contributed by atoms with van der Waals surface area (Å²) in [5, 5.41) is 5.27. The van der Waals surface area contributed by atoms with E-state index in [1.54, 1.807) is 16.9 Å². The maximum Gasteiger partial charge on any atom is 0.158 e. The lowest BCUT2D eigenvalue weighted by Crippen LogP contribution is -2.05. The minimum absolute atomic E-state index is 0.208. The van der Waals surface area contributed by atoms with Crippen LogP contribution in [0.5, 0.6) is 0 Å². The minimum Gasteiger partial charge on any atom is -0.221 e. The molecule has 2 rings (SSSR count). The van der Waals surface area contributed by atoms with Gasteiger partial charge < -0.3 is 0 Å². The average molecular weight is 271 g/mol. The lowest BCUT2D eigenvalue weighted by molar-refractivity contribution is 0.743. The minimum atomic E-state index is 0.208. The summed E-state index contributed by atoms with van der Waals surface area (Å²) in [4.78, 5) is 8.57. The third kappa shape index (κ3) is 2.58. The summed E-state index contributed by atoms with van der Waals surface area (Å²) < 4.78 is 1.61. The van der Waals surface area contributed by atoms with Crippen LogP contribution in [0.25, 0.3) is 5.82 Å². The molecule has 0 aliphatic rings. The fourth-order valence-electron chi connectivity index (χ4n) is 1.35. The molecule has 0 spiro atoms. The maximum absolute atomic E-state index is 5.97. The van der Waals surface area contributed by atoms with E-state index in [9.17, 15) is 0 Å². The van der Waals surface area contributed by atoms with Crippen molar-refractivity contribution in [3.63, 3.8) is 0 Å². The van der Waals surface area contributed by atoms with Gasteiger partial charge in [-0.1, -0.05) is 37.0 Å². The molecule has 2 aromatic heterocycles. The van der Waals surface area contributed by atoms with E-state index in [1.165, 1.54) is 0 Å². The van der Waals surface area contributed by atoms with Crippen molar-refractivity contribution in [1.29, 1.82) is 0 Å². The standard InChI is InChI=1S/C11H12Cl2N4/c1-6(2)11-14-9(13)4-10(15-11)17-5-8(12)7(3)16-17/h4-6H,1-3H3. The predicted octanol–water partition coefficient (Wildman–Crippen LogP) is 3.40. The summed E-state index contributed by atoms with van der Waals surface area (Å²) in [7, 11) is 0. The molecular weight excluding hydrogens is 259 g/mol. The first-order valence-electron chi connectivity index (χ1n) is 5.24. The number of hydrogen-bond acceptors (Lipinski definition) is 3. The van der Waals surface area contributed by atoms with Gasteiger partial charge in [-0.15, -0.1) is 0 Å². The Morgan fingerprint density at radius 1 is 1.24 bits per heavy atom. The molecule has 0 unspecified atom stereocenters. The molecule has 17 heavy (non-hydrogen) atoms. The zero-order valence-electron chi connectivity index (χ0n) is 9.78. The second-order valence-corrected chi connectivity index (χ2v) is 4.86. The first kappa shape index (κ1) is 12.3. The van der Waals surface area contributed by atoms with Crippen LogP contribution < -0.4 is 0 Å². The normalized spacial score (nSPS) is 11.2. The lowest BCUT2D eigenvalue weighted by Gasteiger charge is -2.07. The summed E-state index contributed by atoms with van der Waals surface area (Å²) >= 11 is 11.9. The Labute approximate surface area is 110 Å². The summed E-state index contributed by atoms with van der Waals surface area (Å²) in [5.41, 5.74) is 0.757. The monoisotopic (exact) mass is 270 g/mol. The number of aromatic nitrogens is 4. The van der Waals surface area contributed by atoms with Crippen molar-refractivity contribution < 1.29 is 0 Å². The van der Waals surface area contributed by atoms with E-state index < -0.39 is 0 Å². The van der Waals surface area contributed by atoms with Crippen molar-refractivity contribution in [2.24, 2.45) is 0 Å². The quantitative estimate of drug-likeness (QED) is 0.786. The van der Waals surface area contributed by atoms with Crippen LogP contribution in [-0.2, 0) is 0 Å². The fraction of sp³-hybridized carbons (Fsp3) is 0.364. The van der Waals surface area contributed by atoms with Crippen LogP contribution in [-0.4, -0.2) is 19.7 Å². The first-order chi connectivity index (χ1) is 7.97. The number of halogens is 2. The SMILES string of the molecule is Cc1nn(-c2cc(Cl)nc(C(C)C)n2)cc1Cl. The summed E-state index contributed by atoms with van der Waals surface area (Å²) in [6.45, 7) is 5.86. The molecule has 0 amide bonds. The zero-order valence-corrected chi connectivity index (χ0v) is 11.3. The molecule has 4 nitrogen and oxygen atoms in total. The molecule has 0 atom stereocenters. The molecule has 90 valence electrons. The van der Waals surface area contributed by atoms with Gasteiger partial charge in [-0.2, -0.15) is 5.10 Å². The maximum atomic E-state index is 5.97. The molecule has 2 heterocycles. The Morgan fingerprint density at radius 2 is 1.94 bits per heavy atom. The topological polar surface area (TPSA) is 43.6 Å². The molecule has 0 fully saturated rings. The van der Waals surface area contributed by atoms with Crippen molar-refractivity contribution >= 4 is 23.2 Å². The van der Waals surface area contributed by atoms with Crippen LogP contribution in [0, 0.1) is 6.92 Å². The Kier molecular flexibility index (Phi) is 3.35. The summed E-state index contributed by atoms with van der Waals surface area (Å²) in [6.07, 6.45) is 1.71. The van der Waals surface area contributed by atoms with E-state index in [2.05, 4.69) is 15.1 Å². The zero-order chi connectivity index (χ0) is 12.6. The highest BCUT2D eigenvalue weighted by Gasteiger charge is 2.10. The van der Waals surface area contributed by atoms with Gasteiger partial charge in [0.1, 0.15) is 11.0 Å². The molecule has 0 saturated heterocycles. The molecule has 0 radical (unpaired) electrons. The van der Waals surface area contributed by atoms with Crippen molar-refractivity contribution in [2.45, 2.75) is 26.7 Å². The molecule has 2 aromatic rings. The molecule has 0 N–H and O–H groups in total. The van der Waals surface area contributed by atoms with Gasteiger partial charge in [0.15, 0.2) is 5.82 Å². The third-order valence-electron chi connectivity index (χ3n) is 2.29. The van der Waals surface area contributed by atoms with Gasteiger partial charge in [-0.25, -0.2) is 14.6 Å². The number of rotatable bonds is 2. The first-order valence-corrected chi connectivity index (χ1v) is 5.99. The van der Waals surface area contributed by atoms with Crippen LogP contribution in [0.2, 0.25) is 10.2 Å². The van der Waals surface area contributed by atoms with E-state index >= 15 is 0 Å². The van der Waals surface area contributed by atoms with Gasteiger partial charge in [0, 0.05) is 12.0 Å². The summed E-state index contributed by atoms with van der Waals surface area (Å²) in [5.74, 6) is 1.53. The predicted molar refractivity (Wildman–Crippen MR) is 68.0 cm³/mol. The van der Waals surface area contributed by atoms with Crippen LogP contribution in [0.15, 0.2) is 12.3 Å². The molecule has 0 saturated carbocycles. The highest BCUT2D eigenvalue weighted by atomic mass is 35.5. The highest BCUT2D eigenvalue weighted by Crippen LogP contribution is 2.19. The van der Waals surface area contributed by atoms with Gasteiger partial charge in [0.25, 0.3) is 0 Å². The van der Waals surface area contributed by atoms with Crippen molar-refractivity contribution in [3.8, 4) is 5.82 Å². The molecular formula is C11H12Cl2N4. The molecule has 0 bridgehead atoms. The number of nitrogens with zero attached hydrogens (tertiary/aromatic N) is 4. The summed E-state index contributed by atoms with van der Waals surface area (Å²) in [6, 6.07) is 1.66. The van der Waals surface area contributed by atoms with Crippen molar-refractivity contribution in [1.82, 2.24) is 19.7 Å². The largest absolute Gasteiger partial charge is 0.221 e. The van der Waals surface area contributed by atoms with E-state index in [1.807, 2.05) is 20.8 Å². The van der Waals surface area contributed by atoms with Crippen LogP contribution in [0.1, 0.15) is 31.3 Å².